The number of carbonyl (C=O) groups excluding carboxylic acids is 2. The van der Waals surface area contributed by atoms with Gasteiger partial charge in [-0.25, -0.2) is 4.98 Å². The zero-order valence-electron chi connectivity index (χ0n) is 21.8. The number of aromatic nitrogens is 2. The second-order valence-electron chi connectivity index (χ2n) is 9.91. The molecule has 0 fully saturated rings. The van der Waals surface area contributed by atoms with E-state index in [-0.39, 0.29) is 42.7 Å². The van der Waals surface area contributed by atoms with Crippen LogP contribution < -0.4 is 4.74 Å². The Morgan fingerprint density at radius 2 is 2.03 bits per heavy atom. The van der Waals surface area contributed by atoms with Gasteiger partial charge >= 0.3 is 0 Å². The highest BCUT2D eigenvalue weighted by Crippen LogP contribution is 2.27. The number of aliphatic hydroxyl groups excluding tert-OH is 1. The minimum absolute atomic E-state index is 0.0420. The van der Waals surface area contributed by atoms with E-state index in [4.69, 9.17) is 4.74 Å². The van der Waals surface area contributed by atoms with Crippen molar-refractivity contribution in [2.75, 3.05) is 26.7 Å². The molecule has 3 atom stereocenters. The van der Waals surface area contributed by atoms with Gasteiger partial charge in [-0.2, -0.15) is 0 Å². The van der Waals surface area contributed by atoms with Gasteiger partial charge in [0.1, 0.15) is 11.7 Å². The maximum absolute atomic E-state index is 13.5. The van der Waals surface area contributed by atoms with E-state index in [2.05, 4.69) is 35.7 Å². The highest BCUT2D eigenvalue weighted by atomic mass is 16.5. The number of rotatable bonds is 7. The first-order chi connectivity index (χ1) is 17.2. The van der Waals surface area contributed by atoms with E-state index in [0.717, 1.165) is 12.0 Å². The number of hydrogen-bond acceptors (Lipinski definition) is 6. The molecule has 2 aromatic heterocycles. The Bertz CT molecular complexity index is 1110. The monoisotopic (exact) mass is 492 g/mol. The summed E-state index contributed by atoms with van der Waals surface area (Å²) in [6, 6.07) is 4.97. The van der Waals surface area contributed by atoms with Crippen LogP contribution in [0.1, 0.15) is 55.6 Å². The third-order valence-corrected chi connectivity index (χ3v) is 6.25. The lowest BCUT2D eigenvalue weighted by atomic mass is 9.99. The molecule has 2 amide bonds. The average molecular weight is 493 g/mol. The van der Waals surface area contributed by atoms with Gasteiger partial charge in [0, 0.05) is 50.1 Å². The SMILES string of the molecule is CC(C)CC#Cc1cnc2c(c1)C(=O)N([C@H](C)CO)C[C@H](C)[C@H](CN(C)C(=O)Cc1ccncc1)O2. The number of pyridine rings is 2. The molecule has 0 bridgehead atoms. The van der Waals surface area contributed by atoms with Crippen molar-refractivity contribution in [3.05, 3.63) is 53.5 Å². The molecule has 36 heavy (non-hydrogen) atoms. The molecule has 0 spiro atoms. The fraction of sp³-hybridized carbons (Fsp3) is 0.500. The largest absolute Gasteiger partial charge is 0.472 e. The molecular formula is C28H36N4O4. The molecule has 3 heterocycles. The van der Waals surface area contributed by atoms with Gasteiger partial charge in [-0.1, -0.05) is 32.6 Å². The number of amides is 2. The second kappa shape index (κ2) is 12.5. The zero-order chi connectivity index (χ0) is 26.2. The van der Waals surface area contributed by atoms with Crippen LogP contribution in [0.5, 0.6) is 5.88 Å². The summed E-state index contributed by atoms with van der Waals surface area (Å²) in [5, 5.41) is 9.83. The maximum Gasteiger partial charge on any atom is 0.259 e. The van der Waals surface area contributed by atoms with Gasteiger partial charge in [-0.15, -0.1) is 0 Å². The smallest absolute Gasteiger partial charge is 0.259 e. The van der Waals surface area contributed by atoms with Gasteiger partial charge in [0.05, 0.1) is 25.6 Å². The molecule has 8 nitrogen and oxygen atoms in total. The van der Waals surface area contributed by atoms with Crippen molar-refractivity contribution >= 4 is 11.8 Å². The van der Waals surface area contributed by atoms with Crippen LogP contribution in [0.3, 0.4) is 0 Å². The summed E-state index contributed by atoms with van der Waals surface area (Å²) in [4.78, 5) is 38.1. The third kappa shape index (κ3) is 7.05. The van der Waals surface area contributed by atoms with E-state index in [1.165, 1.54) is 0 Å². The van der Waals surface area contributed by atoms with Gasteiger partial charge in [0.15, 0.2) is 0 Å². The summed E-state index contributed by atoms with van der Waals surface area (Å²) >= 11 is 0. The van der Waals surface area contributed by atoms with Crippen molar-refractivity contribution < 1.29 is 19.4 Å². The van der Waals surface area contributed by atoms with Crippen LogP contribution >= 0.6 is 0 Å². The van der Waals surface area contributed by atoms with Gasteiger partial charge < -0.3 is 19.6 Å². The lowest BCUT2D eigenvalue weighted by Crippen LogP contribution is -2.50. The predicted octanol–water partition coefficient (Wildman–Crippen LogP) is 2.80. The number of nitrogens with zero attached hydrogens (tertiary/aromatic N) is 4. The molecule has 2 aromatic rings. The van der Waals surface area contributed by atoms with Crippen LogP contribution in [0.4, 0.5) is 0 Å². The Morgan fingerprint density at radius 1 is 1.31 bits per heavy atom. The van der Waals surface area contributed by atoms with Crippen molar-refractivity contribution in [2.24, 2.45) is 11.8 Å². The number of aliphatic hydroxyl groups is 1. The van der Waals surface area contributed by atoms with E-state index < -0.39 is 6.10 Å². The van der Waals surface area contributed by atoms with E-state index in [1.807, 2.05) is 26.0 Å². The van der Waals surface area contributed by atoms with E-state index in [0.29, 0.717) is 30.1 Å². The molecule has 0 aliphatic carbocycles. The molecule has 192 valence electrons. The molecule has 0 unspecified atom stereocenters. The van der Waals surface area contributed by atoms with Crippen LogP contribution in [0, 0.1) is 23.7 Å². The Morgan fingerprint density at radius 3 is 2.69 bits per heavy atom. The molecule has 0 aromatic carbocycles. The van der Waals surface area contributed by atoms with Crippen molar-refractivity contribution in [3.63, 3.8) is 0 Å². The summed E-state index contributed by atoms with van der Waals surface area (Å²) in [6.07, 6.45) is 5.55. The van der Waals surface area contributed by atoms with Crippen LogP contribution in [-0.4, -0.2) is 75.6 Å². The van der Waals surface area contributed by atoms with Gasteiger partial charge in [0.2, 0.25) is 11.8 Å². The van der Waals surface area contributed by atoms with Crippen LogP contribution in [0.2, 0.25) is 0 Å². The average Bonchev–Trinajstić information content (AvgIpc) is 2.86. The molecule has 0 saturated heterocycles. The molecule has 1 N–H and O–H groups in total. The molecule has 0 radical (unpaired) electrons. The lowest BCUT2D eigenvalue weighted by molar-refractivity contribution is -0.130. The van der Waals surface area contributed by atoms with Crippen molar-refractivity contribution in [2.45, 2.75) is 52.7 Å². The molecule has 8 heteroatoms. The highest BCUT2D eigenvalue weighted by molar-refractivity contribution is 5.97. The topological polar surface area (TPSA) is 95.9 Å². The van der Waals surface area contributed by atoms with E-state index in [9.17, 15) is 14.7 Å². The lowest BCUT2D eigenvalue weighted by Gasteiger charge is -2.37. The molecular weight excluding hydrogens is 456 g/mol. The summed E-state index contributed by atoms with van der Waals surface area (Å²) in [6.45, 7) is 8.53. The normalized spacial score (nSPS) is 18.3. The Kier molecular flexibility index (Phi) is 9.43. The molecule has 1 aliphatic rings. The number of ether oxygens (including phenoxy) is 1. The number of likely N-dealkylation sites (N-methyl/N-ethyl adjacent to an activating group) is 1. The minimum atomic E-state index is -0.401. The summed E-state index contributed by atoms with van der Waals surface area (Å²) in [7, 11) is 1.75. The predicted molar refractivity (Wildman–Crippen MR) is 137 cm³/mol. The summed E-state index contributed by atoms with van der Waals surface area (Å²) in [5.41, 5.74) is 1.84. The standard InChI is InChI=1S/C28H36N4O4/c1-19(2)7-6-8-23-13-24-27(30-15-23)36-25(20(3)16-32(28(24)35)21(4)18-33)17-31(5)26(34)14-22-9-11-29-12-10-22/h9-13,15,19-21,25,33H,7,14,16-18H2,1-5H3/t20-,21+,25-/m0/s1. The first-order valence-electron chi connectivity index (χ1n) is 12.4. The maximum atomic E-state index is 13.5. The van der Waals surface area contributed by atoms with E-state index >= 15 is 0 Å². The first-order valence-corrected chi connectivity index (χ1v) is 12.4. The Labute approximate surface area is 213 Å². The number of carbonyl (C=O) groups is 2. The molecule has 1 aliphatic heterocycles. The van der Waals surface area contributed by atoms with Gasteiger partial charge in [0.25, 0.3) is 5.91 Å². The fourth-order valence-electron chi connectivity index (χ4n) is 3.93. The van der Waals surface area contributed by atoms with Crippen molar-refractivity contribution in [1.82, 2.24) is 19.8 Å². The molecule has 0 saturated carbocycles. The number of fused-ring (bicyclic) bond motifs is 1. The van der Waals surface area contributed by atoms with Crippen molar-refractivity contribution in [3.8, 4) is 17.7 Å². The van der Waals surface area contributed by atoms with Crippen LogP contribution in [-0.2, 0) is 11.2 Å². The van der Waals surface area contributed by atoms with E-state index in [1.54, 1.807) is 41.5 Å². The number of hydrogen-bond donors (Lipinski definition) is 1. The Hall–Kier alpha value is -3.44. The fourth-order valence-corrected chi connectivity index (χ4v) is 3.93. The third-order valence-electron chi connectivity index (χ3n) is 6.25. The first kappa shape index (κ1) is 27.2. The minimum Gasteiger partial charge on any atom is -0.472 e. The summed E-state index contributed by atoms with van der Waals surface area (Å²) in [5.74, 6) is 6.47. The molecule has 3 rings (SSSR count). The quantitative estimate of drug-likeness (QED) is 0.597. The van der Waals surface area contributed by atoms with Crippen LogP contribution in [0.25, 0.3) is 0 Å². The zero-order valence-corrected chi connectivity index (χ0v) is 21.8. The summed E-state index contributed by atoms with van der Waals surface area (Å²) < 4.78 is 6.28. The second-order valence-corrected chi connectivity index (χ2v) is 9.91. The van der Waals surface area contributed by atoms with Crippen LogP contribution in [0.15, 0.2) is 36.8 Å². The van der Waals surface area contributed by atoms with Crippen molar-refractivity contribution in [1.29, 1.82) is 0 Å². The highest BCUT2D eigenvalue weighted by Gasteiger charge is 2.34. The van der Waals surface area contributed by atoms with Gasteiger partial charge in [-0.3, -0.25) is 14.6 Å². The Balaban J connectivity index is 1.87. The van der Waals surface area contributed by atoms with Gasteiger partial charge in [-0.05, 0) is 36.6 Å².